The molecule has 2 aromatic rings. The van der Waals surface area contributed by atoms with E-state index in [0.717, 1.165) is 0 Å². The minimum atomic E-state index is -4.03. The Kier molecular flexibility index (Phi) is 6.26. The van der Waals surface area contributed by atoms with Crippen LogP contribution in [0, 0.1) is 0 Å². The van der Waals surface area contributed by atoms with E-state index < -0.39 is 15.9 Å². The molecule has 150 valence electrons. The maximum atomic E-state index is 12.6. The first-order valence-electron chi connectivity index (χ1n) is 8.94. The molecule has 0 radical (unpaired) electrons. The van der Waals surface area contributed by atoms with E-state index in [-0.39, 0.29) is 34.5 Å². The van der Waals surface area contributed by atoms with E-state index in [1.807, 2.05) is 6.07 Å². The Hall–Kier alpha value is -3.23. The summed E-state index contributed by atoms with van der Waals surface area (Å²) in [5, 5.41) is 0. The number of hydrogen-bond acceptors (Lipinski definition) is 6. The van der Waals surface area contributed by atoms with E-state index in [9.17, 15) is 18.0 Å². The number of hydrazine groups is 1. The SMILES string of the molecule is NN(C(=O)C1=CN(CC(=O)c2ccccc2)C=CC1)S(=O)(=O)Cc1ccccc1. The van der Waals surface area contributed by atoms with Crippen molar-refractivity contribution in [1.82, 2.24) is 9.31 Å². The van der Waals surface area contributed by atoms with Crippen LogP contribution in [0.1, 0.15) is 22.3 Å². The lowest BCUT2D eigenvalue weighted by Crippen LogP contribution is -2.44. The number of Topliss-reactive ketones (excluding diaryl/α,β-unsaturated/α-hetero) is 1. The summed E-state index contributed by atoms with van der Waals surface area (Å²) in [7, 11) is -4.03. The molecule has 1 heterocycles. The lowest BCUT2D eigenvalue weighted by molar-refractivity contribution is -0.123. The van der Waals surface area contributed by atoms with E-state index in [1.165, 1.54) is 6.20 Å². The topological polar surface area (TPSA) is 101 Å². The predicted molar refractivity (Wildman–Crippen MR) is 109 cm³/mol. The first-order chi connectivity index (χ1) is 13.9. The Morgan fingerprint density at radius 1 is 1.00 bits per heavy atom. The van der Waals surface area contributed by atoms with Crippen LogP contribution < -0.4 is 5.84 Å². The summed E-state index contributed by atoms with van der Waals surface area (Å²) < 4.78 is 25.3. The Balaban J connectivity index is 1.70. The molecular formula is C21H21N3O4S. The maximum Gasteiger partial charge on any atom is 0.279 e. The normalized spacial score (nSPS) is 13.7. The highest BCUT2D eigenvalue weighted by Crippen LogP contribution is 2.17. The molecule has 3 rings (SSSR count). The van der Waals surface area contributed by atoms with Gasteiger partial charge in [0, 0.05) is 23.5 Å². The lowest BCUT2D eigenvalue weighted by atomic mass is 10.1. The van der Waals surface area contributed by atoms with Crippen LogP contribution in [-0.2, 0) is 20.6 Å². The van der Waals surface area contributed by atoms with Crippen LogP contribution in [0.4, 0.5) is 0 Å². The number of rotatable bonds is 7. The molecule has 0 spiro atoms. The van der Waals surface area contributed by atoms with Crippen molar-refractivity contribution in [3.8, 4) is 0 Å². The largest absolute Gasteiger partial charge is 0.346 e. The molecule has 0 aliphatic carbocycles. The average molecular weight is 411 g/mol. The number of amides is 1. The minimum absolute atomic E-state index is 0.0264. The second-order valence-electron chi connectivity index (χ2n) is 6.55. The molecule has 0 saturated heterocycles. The minimum Gasteiger partial charge on any atom is -0.346 e. The molecule has 1 aliphatic heterocycles. The van der Waals surface area contributed by atoms with Gasteiger partial charge in [0.1, 0.15) is 0 Å². The van der Waals surface area contributed by atoms with Gasteiger partial charge in [-0.25, -0.2) is 14.3 Å². The zero-order chi connectivity index (χ0) is 20.9. The highest BCUT2D eigenvalue weighted by Gasteiger charge is 2.28. The second-order valence-corrected chi connectivity index (χ2v) is 8.39. The molecule has 2 aromatic carbocycles. The van der Waals surface area contributed by atoms with Gasteiger partial charge in [-0.3, -0.25) is 9.59 Å². The summed E-state index contributed by atoms with van der Waals surface area (Å²) in [5.41, 5.74) is 1.27. The fraction of sp³-hybridized carbons (Fsp3) is 0.143. The molecule has 0 saturated carbocycles. The number of ketones is 1. The van der Waals surface area contributed by atoms with Crippen LogP contribution in [0.3, 0.4) is 0 Å². The monoisotopic (exact) mass is 411 g/mol. The molecule has 0 aromatic heterocycles. The van der Waals surface area contributed by atoms with Crippen molar-refractivity contribution in [3.05, 3.63) is 95.8 Å². The summed E-state index contributed by atoms with van der Waals surface area (Å²) in [6, 6.07) is 17.3. The van der Waals surface area contributed by atoms with Gasteiger partial charge in [0.25, 0.3) is 15.9 Å². The van der Waals surface area contributed by atoms with Crippen molar-refractivity contribution in [2.75, 3.05) is 6.54 Å². The van der Waals surface area contributed by atoms with Crippen LogP contribution in [0.25, 0.3) is 0 Å². The number of allylic oxidation sites excluding steroid dienone is 1. The van der Waals surface area contributed by atoms with Gasteiger partial charge >= 0.3 is 0 Å². The van der Waals surface area contributed by atoms with Crippen molar-refractivity contribution in [1.29, 1.82) is 0 Å². The van der Waals surface area contributed by atoms with Crippen LogP contribution in [-0.4, -0.2) is 36.0 Å². The predicted octanol–water partition coefficient (Wildman–Crippen LogP) is 2.20. The number of carbonyl (C=O) groups is 2. The fourth-order valence-corrected chi connectivity index (χ4v) is 3.98. The van der Waals surface area contributed by atoms with E-state index in [2.05, 4.69) is 0 Å². The van der Waals surface area contributed by atoms with Gasteiger partial charge in [-0.1, -0.05) is 66.7 Å². The molecule has 1 aliphatic rings. The van der Waals surface area contributed by atoms with Crippen molar-refractivity contribution in [2.24, 2.45) is 5.84 Å². The molecule has 8 heteroatoms. The van der Waals surface area contributed by atoms with Gasteiger partial charge in [0.15, 0.2) is 5.78 Å². The van der Waals surface area contributed by atoms with E-state index in [4.69, 9.17) is 5.84 Å². The van der Waals surface area contributed by atoms with Gasteiger partial charge in [0.2, 0.25) is 0 Å². The summed E-state index contributed by atoms with van der Waals surface area (Å²) in [5.74, 6) is 4.34. The molecule has 2 N–H and O–H groups in total. The first kappa shape index (κ1) is 20.5. The Labute approximate surface area is 169 Å². The molecule has 7 nitrogen and oxygen atoms in total. The molecule has 29 heavy (non-hydrogen) atoms. The second kappa shape index (κ2) is 8.85. The third-order valence-electron chi connectivity index (χ3n) is 4.34. The summed E-state index contributed by atoms with van der Waals surface area (Å²) in [4.78, 5) is 26.6. The molecule has 0 bridgehead atoms. The average Bonchev–Trinajstić information content (AvgIpc) is 2.74. The van der Waals surface area contributed by atoms with Crippen LogP contribution in [0.2, 0.25) is 0 Å². The molecule has 0 atom stereocenters. The number of sulfonamides is 1. The van der Waals surface area contributed by atoms with E-state index in [1.54, 1.807) is 71.8 Å². The van der Waals surface area contributed by atoms with Gasteiger partial charge in [-0.15, -0.1) is 0 Å². The third-order valence-corrected chi connectivity index (χ3v) is 5.81. The zero-order valence-electron chi connectivity index (χ0n) is 15.6. The summed E-state index contributed by atoms with van der Waals surface area (Å²) >= 11 is 0. The summed E-state index contributed by atoms with van der Waals surface area (Å²) in [6.07, 6.45) is 5.05. The quantitative estimate of drug-likeness (QED) is 0.324. The maximum absolute atomic E-state index is 12.6. The molecular weight excluding hydrogens is 390 g/mol. The fourth-order valence-electron chi connectivity index (χ4n) is 2.86. The Morgan fingerprint density at radius 3 is 2.28 bits per heavy atom. The van der Waals surface area contributed by atoms with E-state index in [0.29, 0.717) is 11.1 Å². The van der Waals surface area contributed by atoms with Gasteiger partial charge in [0.05, 0.1) is 12.3 Å². The van der Waals surface area contributed by atoms with Gasteiger partial charge < -0.3 is 4.90 Å². The Bertz CT molecular complexity index is 1050. The van der Waals surface area contributed by atoms with Crippen LogP contribution in [0.5, 0.6) is 0 Å². The first-order valence-corrected chi connectivity index (χ1v) is 10.5. The standard InChI is InChI=1S/C21H21N3O4S/c22-24(29(27,28)16-17-8-3-1-4-9-17)21(26)19-12-7-13-23(14-19)15-20(25)18-10-5-2-6-11-18/h1-11,13-14H,12,15-16,22H2. The van der Waals surface area contributed by atoms with Crippen molar-refractivity contribution in [3.63, 3.8) is 0 Å². The third kappa shape index (κ3) is 5.18. The highest BCUT2D eigenvalue weighted by atomic mass is 32.2. The number of carbonyl (C=O) groups excluding carboxylic acids is 2. The van der Waals surface area contributed by atoms with Crippen molar-refractivity contribution < 1.29 is 18.0 Å². The zero-order valence-corrected chi connectivity index (χ0v) is 16.5. The number of nitrogens with two attached hydrogens (primary N) is 1. The van der Waals surface area contributed by atoms with Crippen LogP contribution in [0.15, 0.2) is 84.7 Å². The molecule has 0 unspecified atom stereocenters. The van der Waals surface area contributed by atoms with Crippen LogP contribution >= 0.6 is 0 Å². The van der Waals surface area contributed by atoms with Crippen molar-refractivity contribution >= 4 is 21.7 Å². The number of nitrogens with zero attached hydrogens (tertiary/aromatic N) is 2. The number of benzene rings is 2. The van der Waals surface area contributed by atoms with E-state index >= 15 is 0 Å². The Morgan fingerprint density at radius 2 is 1.62 bits per heavy atom. The molecule has 1 amide bonds. The number of hydrogen-bond donors (Lipinski definition) is 1. The smallest absolute Gasteiger partial charge is 0.279 e. The molecule has 0 fully saturated rings. The lowest BCUT2D eigenvalue weighted by Gasteiger charge is -2.23. The van der Waals surface area contributed by atoms with Crippen molar-refractivity contribution in [2.45, 2.75) is 12.2 Å². The van der Waals surface area contributed by atoms with Gasteiger partial charge in [-0.2, -0.15) is 4.41 Å². The van der Waals surface area contributed by atoms with Gasteiger partial charge in [-0.05, 0) is 12.0 Å². The highest BCUT2D eigenvalue weighted by molar-refractivity contribution is 7.88. The summed E-state index contributed by atoms with van der Waals surface area (Å²) in [6.45, 7) is 0.0264.